The van der Waals surface area contributed by atoms with Crippen molar-refractivity contribution in [1.82, 2.24) is 10.6 Å². The smallest absolute Gasteiger partial charge is 0.325 e. The molecule has 2 amide bonds. The van der Waals surface area contributed by atoms with E-state index in [1.807, 2.05) is 12.2 Å². The molecule has 1 rings (SSSR count). The topological polar surface area (TPSA) is 78.4 Å². The summed E-state index contributed by atoms with van der Waals surface area (Å²) in [6.07, 6.45) is 5.61. The largest absolute Gasteiger partial charge is 0.480 e. The second kappa shape index (κ2) is 4.64. The van der Waals surface area contributed by atoms with Crippen molar-refractivity contribution < 1.29 is 14.7 Å². The monoisotopic (exact) mass is 198 g/mol. The number of carbonyl (C=O) groups is 2. The second-order valence-electron chi connectivity index (χ2n) is 3.32. The van der Waals surface area contributed by atoms with E-state index in [0.717, 1.165) is 12.8 Å². The van der Waals surface area contributed by atoms with Gasteiger partial charge in [0.25, 0.3) is 0 Å². The van der Waals surface area contributed by atoms with Crippen molar-refractivity contribution in [3.63, 3.8) is 0 Å². The van der Waals surface area contributed by atoms with Gasteiger partial charge in [-0.3, -0.25) is 4.79 Å². The number of hydrogen-bond donors (Lipinski definition) is 3. The molecule has 0 bridgehead atoms. The molecular weight excluding hydrogens is 184 g/mol. The van der Waals surface area contributed by atoms with Crippen LogP contribution in [0.15, 0.2) is 12.2 Å². The summed E-state index contributed by atoms with van der Waals surface area (Å²) in [6.45, 7) is 1.43. The number of nitrogens with one attached hydrogen (secondary N) is 2. The predicted octanol–water partition coefficient (Wildman–Crippen LogP) is 0.477. The highest BCUT2D eigenvalue weighted by Crippen LogP contribution is 2.08. The average Bonchev–Trinajstić information content (AvgIpc) is 2.56. The summed E-state index contributed by atoms with van der Waals surface area (Å²) >= 11 is 0. The van der Waals surface area contributed by atoms with Crippen LogP contribution in [0.2, 0.25) is 0 Å². The van der Waals surface area contributed by atoms with Gasteiger partial charge in [0.2, 0.25) is 0 Å². The number of rotatable bonds is 3. The first-order valence-electron chi connectivity index (χ1n) is 4.54. The lowest BCUT2D eigenvalue weighted by Gasteiger charge is -2.14. The summed E-state index contributed by atoms with van der Waals surface area (Å²) in [5, 5.41) is 13.6. The van der Waals surface area contributed by atoms with E-state index >= 15 is 0 Å². The van der Waals surface area contributed by atoms with Crippen LogP contribution in [0, 0.1) is 0 Å². The zero-order chi connectivity index (χ0) is 10.6. The minimum atomic E-state index is -1.04. The van der Waals surface area contributed by atoms with Crippen LogP contribution in [0.5, 0.6) is 0 Å². The van der Waals surface area contributed by atoms with Crippen LogP contribution >= 0.6 is 0 Å². The van der Waals surface area contributed by atoms with Crippen molar-refractivity contribution in [2.45, 2.75) is 31.8 Å². The zero-order valence-electron chi connectivity index (χ0n) is 7.99. The van der Waals surface area contributed by atoms with Gasteiger partial charge in [-0.2, -0.15) is 0 Å². The Balaban J connectivity index is 2.25. The van der Waals surface area contributed by atoms with E-state index in [9.17, 15) is 9.59 Å². The molecule has 78 valence electrons. The molecule has 5 nitrogen and oxygen atoms in total. The summed E-state index contributed by atoms with van der Waals surface area (Å²) in [5.41, 5.74) is 0. The van der Waals surface area contributed by atoms with Gasteiger partial charge < -0.3 is 15.7 Å². The minimum Gasteiger partial charge on any atom is -0.480 e. The lowest BCUT2D eigenvalue weighted by atomic mass is 10.2. The molecule has 0 heterocycles. The third kappa shape index (κ3) is 3.08. The first-order valence-corrected chi connectivity index (χ1v) is 4.54. The SMILES string of the molecule is CC(NC(=O)NC1CC=CC1)C(=O)O. The fourth-order valence-electron chi connectivity index (χ4n) is 1.22. The summed E-state index contributed by atoms with van der Waals surface area (Å²) in [5.74, 6) is -1.04. The van der Waals surface area contributed by atoms with Gasteiger partial charge in [-0.25, -0.2) is 4.79 Å². The van der Waals surface area contributed by atoms with E-state index in [2.05, 4.69) is 10.6 Å². The van der Waals surface area contributed by atoms with Gasteiger partial charge in [-0.05, 0) is 19.8 Å². The van der Waals surface area contributed by atoms with Crippen LogP contribution < -0.4 is 10.6 Å². The molecule has 0 radical (unpaired) electrons. The van der Waals surface area contributed by atoms with Gasteiger partial charge in [0, 0.05) is 6.04 Å². The Morgan fingerprint density at radius 1 is 1.43 bits per heavy atom. The van der Waals surface area contributed by atoms with Crippen molar-refractivity contribution in [3.05, 3.63) is 12.2 Å². The third-order valence-corrected chi connectivity index (χ3v) is 2.06. The van der Waals surface area contributed by atoms with Gasteiger partial charge in [-0.15, -0.1) is 0 Å². The fraction of sp³-hybridized carbons (Fsp3) is 0.556. The lowest BCUT2D eigenvalue weighted by Crippen LogP contribution is -2.47. The molecule has 5 heteroatoms. The molecule has 3 N–H and O–H groups in total. The molecular formula is C9H14N2O3. The van der Waals surface area contributed by atoms with E-state index in [-0.39, 0.29) is 6.04 Å². The highest BCUT2D eigenvalue weighted by atomic mass is 16.4. The maximum atomic E-state index is 11.2. The van der Waals surface area contributed by atoms with Crippen LogP contribution in [-0.2, 0) is 4.79 Å². The Morgan fingerprint density at radius 3 is 2.50 bits per heavy atom. The van der Waals surface area contributed by atoms with Crippen LogP contribution in [0.4, 0.5) is 4.79 Å². The third-order valence-electron chi connectivity index (χ3n) is 2.06. The Labute approximate surface area is 82.2 Å². The van der Waals surface area contributed by atoms with Gasteiger partial charge in [0.15, 0.2) is 0 Å². The normalized spacial score (nSPS) is 17.8. The van der Waals surface area contributed by atoms with Crippen LogP contribution in [0.3, 0.4) is 0 Å². The summed E-state index contributed by atoms with van der Waals surface area (Å²) in [7, 11) is 0. The number of amides is 2. The minimum absolute atomic E-state index is 0.107. The predicted molar refractivity (Wildman–Crippen MR) is 50.9 cm³/mol. The summed E-state index contributed by atoms with van der Waals surface area (Å²) in [6, 6.07) is -1.17. The van der Waals surface area contributed by atoms with Gasteiger partial charge in [0.1, 0.15) is 6.04 Å². The van der Waals surface area contributed by atoms with Gasteiger partial charge in [-0.1, -0.05) is 12.2 Å². The molecule has 1 aliphatic rings. The highest BCUT2D eigenvalue weighted by Gasteiger charge is 2.17. The van der Waals surface area contributed by atoms with Crippen molar-refractivity contribution in [3.8, 4) is 0 Å². The zero-order valence-corrected chi connectivity index (χ0v) is 7.99. The Hall–Kier alpha value is -1.52. The maximum absolute atomic E-state index is 11.2. The molecule has 0 aromatic rings. The number of aliphatic carboxylic acids is 1. The average molecular weight is 198 g/mol. The maximum Gasteiger partial charge on any atom is 0.325 e. The molecule has 14 heavy (non-hydrogen) atoms. The quantitative estimate of drug-likeness (QED) is 0.577. The molecule has 0 aromatic heterocycles. The van der Waals surface area contributed by atoms with E-state index in [4.69, 9.17) is 5.11 Å². The number of urea groups is 1. The van der Waals surface area contributed by atoms with E-state index in [1.54, 1.807) is 0 Å². The molecule has 1 unspecified atom stereocenters. The highest BCUT2D eigenvalue weighted by molar-refractivity contribution is 5.82. The molecule has 0 saturated carbocycles. The standard InChI is InChI=1S/C9H14N2O3/c1-6(8(12)13)10-9(14)11-7-4-2-3-5-7/h2-3,6-7H,4-5H2,1H3,(H,12,13)(H2,10,11,14). The number of hydrogen-bond acceptors (Lipinski definition) is 2. The van der Waals surface area contributed by atoms with Crippen LogP contribution in [0.25, 0.3) is 0 Å². The lowest BCUT2D eigenvalue weighted by molar-refractivity contribution is -0.138. The molecule has 1 aliphatic carbocycles. The van der Waals surface area contributed by atoms with Crippen molar-refractivity contribution in [2.24, 2.45) is 0 Å². The molecule has 0 aromatic carbocycles. The second-order valence-corrected chi connectivity index (χ2v) is 3.32. The Kier molecular flexibility index (Phi) is 3.50. The molecule has 0 spiro atoms. The fourth-order valence-corrected chi connectivity index (χ4v) is 1.22. The summed E-state index contributed by atoms with van der Waals surface area (Å²) in [4.78, 5) is 21.6. The molecule has 1 atom stereocenters. The Bertz CT molecular complexity index is 255. The van der Waals surface area contributed by atoms with Crippen LogP contribution in [-0.4, -0.2) is 29.2 Å². The van der Waals surface area contributed by atoms with Crippen LogP contribution in [0.1, 0.15) is 19.8 Å². The first kappa shape index (κ1) is 10.6. The van der Waals surface area contributed by atoms with Gasteiger partial charge in [0.05, 0.1) is 0 Å². The van der Waals surface area contributed by atoms with Gasteiger partial charge >= 0.3 is 12.0 Å². The van der Waals surface area contributed by atoms with Crippen molar-refractivity contribution in [2.75, 3.05) is 0 Å². The Morgan fingerprint density at radius 2 is 2.00 bits per heavy atom. The van der Waals surface area contributed by atoms with Crippen molar-refractivity contribution in [1.29, 1.82) is 0 Å². The number of carbonyl (C=O) groups excluding carboxylic acids is 1. The van der Waals surface area contributed by atoms with E-state index < -0.39 is 18.0 Å². The first-order chi connectivity index (χ1) is 6.59. The van der Waals surface area contributed by atoms with E-state index in [0.29, 0.717) is 0 Å². The number of carboxylic acid groups (broad SMARTS) is 1. The number of carboxylic acids is 1. The van der Waals surface area contributed by atoms with E-state index in [1.165, 1.54) is 6.92 Å². The molecule has 0 saturated heterocycles. The molecule has 0 fully saturated rings. The molecule has 0 aliphatic heterocycles. The summed E-state index contributed by atoms with van der Waals surface area (Å²) < 4.78 is 0. The van der Waals surface area contributed by atoms with Crippen molar-refractivity contribution >= 4 is 12.0 Å².